The van der Waals surface area contributed by atoms with Crippen LogP contribution in [0.2, 0.25) is 0 Å². The van der Waals surface area contributed by atoms with Crippen LogP contribution in [0.25, 0.3) is 0 Å². The number of hydrogen-bond acceptors (Lipinski definition) is 3. The molecule has 1 aromatic heterocycles. The van der Waals surface area contributed by atoms with Gasteiger partial charge in [0.1, 0.15) is 11.8 Å². The maximum Gasteiger partial charge on any atom is 0.321 e. The average molecular weight is 211 g/mol. The summed E-state index contributed by atoms with van der Waals surface area (Å²) in [6.45, 7) is 4.32. The van der Waals surface area contributed by atoms with Crippen molar-refractivity contribution in [3.63, 3.8) is 0 Å². The van der Waals surface area contributed by atoms with Crippen LogP contribution >= 0.6 is 0 Å². The third-order valence-electron chi connectivity index (χ3n) is 2.34. The predicted molar refractivity (Wildman–Crippen MR) is 56.4 cm³/mol. The Bertz CT molecular complexity index is 306. The zero-order valence-corrected chi connectivity index (χ0v) is 9.30. The highest BCUT2D eigenvalue weighted by Crippen LogP contribution is 2.13. The topological polar surface area (TPSA) is 53.7 Å². The highest BCUT2D eigenvalue weighted by atomic mass is 16.4. The first-order chi connectivity index (χ1) is 7.02. The number of rotatable bonds is 5. The average Bonchev–Trinajstić information content (AvgIpc) is 2.54. The van der Waals surface area contributed by atoms with E-state index in [2.05, 4.69) is 0 Å². The summed E-state index contributed by atoms with van der Waals surface area (Å²) in [7, 11) is 1.79. The fourth-order valence-corrected chi connectivity index (χ4v) is 1.73. The lowest BCUT2D eigenvalue weighted by atomic mass is 10.0. The molecule has 4 heteroatoms. The van der Waals surface area contributed by atoms with Crippen molar-refractivity contribution in [1.29, 1.82) is 0 Å². The maximum absolute atomic E-state index is 11.0. The second kappa shape index (κ2) is 4.98. The van der Waals surface area contributed by atoms with E-state index in [9.17, 15) is 4.79 Å². The molecule has 1 aromatic rings. The summed E-state index contributed by atoms with van der Waals surface area (Å²) in [5, 5.41) is 9.07. The van der Waals surface area contributed by atoms with Crippen molar-refractivity contribution in [3.05, 3.63) is 24.2 Å². The predicted octanol–water partition coefficient (Wildman–Crippen LogP) is 1.82. The van der Waals surface area contributed by atoms with Gasteiger partial charge in [-0.2, -0.15) is 0 Å². The lowest BCUT2D eigenvalue weighted by Crippen LogP contribution is -2.41. The van der Waals surface area contributed by atoms with Crippen LogP contribution in [0.4, 0.5) is 0 Å². The summed E-state index contributed by atoms with van der Waals surface area (Å²) in [6, 6.07) is 3.17. The molecule has 0 aliphatic carbocycles. The van der Waals surface area contributed by atoms with Crippen molar-refractivity contribution in [2.24, 2.45) is 5.92 Å². The van der Waals surface area contributed by atoms with Crippen molar-refractivity contribution in [1.82, 2.24) is 4.90 Å². The molecular formula is C11H17NO3. The van der Waals surface area contributed by atoms with Gasteiger partial charge in [-0.1, -0.05) is 13.8 Å². The minimum absolute atomic E-state index is 0.0717. The molecule has 1 atom stereocenters. The molecule has 1 N–H and O–H groups in total. The molecule has 15 heavy (non-hydrogen) atoms. The number of hydrogen-bond donors (Lipinski definition) is 1. The minimum atomic E-state index is -0.793. The van der Waals surface area contributed by atoms with Crippen LogP contribution in [-0.2, 0) is 11.3 Å². The maximum atomic E-state index is 11.0. The fourth-order valence-electron chi connectivity index (χ4n) is 1.73. The van der Waals surface area contributed by atoms with Crippen LogP contribution in [-0.4, -0.2) is 29.1 Å². The number of carbonyl (C=O) groups is 1. The van der Waals surface area contributed by atoms with E-state index in [1.165, 1.54) is 0 Å². The van der Waals surface area contributed by atoms with Crippen molar-refractivity contribution in [2.75, 3.05) is 7.05 Å². The Morgan fingerprint density at radius 1 is 1.60 bits per heavy atom. The van der Waals surface area contributed by atoms with Crippen molar-refractivity contribution in [3.8, 4) is 0 Å². The molecule has 0 fully saturated rings. The molecule has 0 spiro atoms. The summed E-state index contributed by atoms with van der Waals surface area (Å²) in [5.74, 6) is 0.0610. The molecule has 0 bridgehead atoms. The quantitative estimate of drug-likeness (QED) is 0.807. The van der Waals surface area contributed by atoms with Gasteiger partial charge >= 0.3 is 5.97 Å². The first kappa shape index (κ1) is 11.8. The van der Waals surface area contributed by atoms with E-state index in [0.717, 1.165) is 5.76 Å². The van der Waals surface area contributed by atoms with E-state index in [0.29, 0.717) is 6.54 Å². The van der Waals surface area contributed by atoms with E-state index < -0.39 is 12.0 Å². The van der Waals surface area contributed by atoms with E-state index in [-0.39, 0.29) is 5.92 Å². The van der Waals surface area contributed by atoms with E-state index in [4.69, 9.17) is 9.52 Å². The second-order valence-corrected chi connectivity index (χ2v) is 4.02. The lowest BCUT2D eigenvalue weighted by Gasteiger charge is -2.26. The Morgan fingerprint density at radius 3 is 2.67 bits per heavy atom. The molecule has 0 radical (unpaired) electrons. The summed E-state index contributed by atoms with van der Waals surface area (Å²) >= 11 is 0. The molecule has 0 aromatic carbocycles. The van der Waals surface area contributed by atoms with Gasteiger partial charge in [0.2, 0.25) is 0 Å². The normalized spacial score (nSPS) is 13.4. The summed E-state index contributed by atoms with van der Waals surface area (Å²) < 4.78 is 5.18. The van der Waals surface area contributed by atoms with Gasteiger partial charge in [0, 0.05) is 0 Å². The second-order valence-electron chi connectivity index (χ2n) is 4.02. The molecule has 0 aliphatic rings. The summed E-state index contributed by atoms with van der Waals surface area (Å²) in [4.78, 5) is 12.8. The van der Waals surface area contributed by atoms with E-state index in [1.54, 1.807) is 24.3 Å². The first-order valence-electron chi connectivity index (χ1n) is 4.97. The highest BCUT2D eigenvalue weighted by molar-refractivity contribution is 5.73. The largest absolute Gasteiger partial charge is 0.480 e. The lowest BCUT2D eigenvalue weighted by molar-refractivity contribution is -0.144. The smallest absolute Gasteiger partial charge is 0.321 e. The molecule has 0 saturated carbocycles. The van der Waals surface area contributed by atoms with Gasteiger partial charge < -0.3 is 9.52 Å². The molecule has 0 amide bonds. The zero-order valence-electron chi connectivity index (χ0n) is 9.30. The van der Waals surface area contributed by atoms with Crippen molar-refractivity contribution in [2.45, 2.75) is 26.4 Å². The van der Waals surface area contributed by atoms with Gasteiger partial charge in [-0.3, -0.25) is 9.69 Å². The highest BCUT2D eigenvalue weighted by Gasteiger charge is 2.26. The van der Waals surface area contributed by atoms with Gasteiger partial charge in [0.25, 0.3) is 0 Å². The van der Waals surface area contributed by atoms with Crippen molar-refractivity contribution < 1.29 is 14.3 Å². The summed E-state index contributed by atoms with van der Waals surface area (Å²) in [6.07, 6.45) is 1.59. The third-order valence-corrected chi connectivity index (χ3v) is 2.34. The monoisotopic (exact) mass is 211 g/mol. The van der Waals surface area contributed by atoms with Gasteiger partial charge in [-0.05, 0) is 25.1 Å². The first-order valence-corrected chi connectivity index (χ1v) is 4.97. The molecule has 1 rings (SSSR count). The van der Waals surface area contributed by atoms with Gasteiger partial charge in [-0.25, -0.2) is 0 Å². The molecule has 1 unspecified atom stereocenters. The number of furan rings is 1. The van der Waals surface area contributed by atoms with Crippen LogP contribution in [0.15, 0.2) is 22.8 Å². The Kier molecular flexibility index (Phi) is 3.91. The Morgan fingerprint density at radius 2 is 2.27 bits per heavy atom. The molecule has 84 valence electrons. The summed E-state index contributed by atoms with van der Waals surface area (Å²) in [5.41, 5.74) is 0. The number of nitrogens with zero attached hydrogens (tertiary/aromatic N) is 1. The number of carboxylic acid groups (broad SMARTS) is 1. The van der Waals surface area contributed by atoms with Crippen LogP contribution in [0.3, 0.4) is 0 Å². The fraction of sp³-hybridized carbons (Fsp3) is 0.545. The molecule has 0 saturated heterocycles. The number of carboxylic acids is 1. The van der Waals surface area contributed by atoms with Crippen LogP contribution in [0, 0.1) is 5.92 Å². The van der Waals surface area contributed by atoms with Crippen molar-refractivity contribution >= 4 is 5.97 Å². The van der Waals surface area contributed by atoms with Gasteiger partial charge in [0.15, 0.2) is 0 Å². The Labute approximate surface area is 89.5 Å². The van der Waals surface area contributed by atoms with E-state index in [1.807, 2.05) is 19.9 Å². The number of aliphatic carboxylic acids is 1. The molecular weight excluding hydrogens is 194 g/mol. The van der Waals surface area contributed by atoms with Crippen LogP contribution in [0.1, 0.15) is 19.6 Å². The molecule has 1 heterocycles. The zero-order chi connectivity index (χ0) is 11.4. The minimum Gasteiger partial charge on any atom is -0.480 e. The van der Waals surface area contributed by atoms with Crippen LogP contribution in [0.5, 0.6) is 0 Å². The third kappa shape index (κ3) is 3.09. The molecule has 0 aliphatic heterocycles. The van der Waals surface area contributed by atoms with Crippen LogP contribution < -0.4 is 0 Å². The SMILES string of the molecule is CC(C)C(C(=O)O)N(C)Cc1ccco1. The standard InChI is InChI=1S/C11H17NO3/c1-8(2)10(11(13)14)12(3)7-9-5-4-6-15-9/h4-6,8,10H,7H2,1-3H3,(H,13,14). The molecule has 4 nitrogen and oxygen atoms in total. The van der Waals surface area contributed by atoms with E-state index >= 15 is 0 Å². The van der Waals surface area contributed by atoms with Gasteiger partial charge in [-0.15, -0.1) is 0 Å². The number of likely N-dealkylation sites (N-methyl/N-ethyl adjacent to an activating group) is 1. The Balaban J connectivity index is 2.65. The Hall–Kier alpha value is -1.29. The van der Waals surface area contributed by atoms with Gasteiger partial charge in [0.05, 0.1) is 12.8 Å².